The van der Waals surface area contributed by atoms with Crippen LogP contribution in [0.3, 0.4) is 0 Å². The molecule has 94 valence electrons. The zero-order chi connectivity index (χ0) is 13.2. The molecule has 1 aromatic rings. The SMILES string of the molecule is Cc1nn(C)cc1C(=O)NC(C(N)=S)C(C)C. The van der Waals surface area contributed by atoms with E-state index in [4.69, 9.17) is 18.0 Å². The third-order valence-electron chi connectivity index (χ3n) is 2.52. The van der Waals surface area contributed by atoms with Crippen molar-refractivity contribution in [1.29, 1.82) is 0 Å². The minimum absolute atomic E-state index is 0.161. The van der Waals surface area contributed by atoms with Gasteiger partial charge in [-0.15, -0.1) is 0 Å². The lowest BCUT2D eigenvalue weighted by molar-refractivity contribution is 0.0939. The molecule has 1 heterocycles. The number of nitrogens with two attached hydrogens (primary N) is 1. The summed E-state index contributed by atoms with van der Waals surface area (Å²) in [4.78, 5) is 12.3. The van der Waals surface area contributed by atoms with Crippen molar-refractivity contribution >= 4 is 23.1 Å². The van der Waals surface area contributed by atoms with E-state index in [0.29, 0.717) is 16.2 Å². The smallest absolute Gasteiger partial charge is 0.255 e. The molecule has 1 amide bonds. The van der Waals surface area contributed by atoms with Crippen LogP contribution < -0.4 is 11.1 Å². The largest absolute Gasteiger partial charge is 0.392 e. The Balaban J connectivity index is 2.85. The Kier molecular flexibility index (Phi) is 4.22. The number of hydrogen-bond acceptors (Lipinski definition) is 3. The molecule has 0 bridgehead atoms. The van der Waals surface area contributed by atoms with E-state index in [9.17, 15) is 4.79 Å². The Bertz CT molecular complexity index is 439. The second-order valence-corrected chi connectivity index (χ2v) is 4.87. The predicted molar refractivity (Wildman–Crippen MR) is 70.8 cm³/mol. The Morgan fingerprint density at radius 3 is 2.53 bits per heavy atom. The van der Waals surface area contributed by atoms with Gasteiger partial charge < -0.3 is 11.1 Å². The van der Waals surface area contributed by atoms with Gasteiger partial charge in [-0.05, 0) is 12.8 Å². The molecule has 0 fully saturated rings. The maximum Gasteiger partial charge on any atom is 0.255 e. The van der Waals surface area contributed by atoms with Crippen LogP contribution in [0.4, 0.5) is 0 Å². The highest BCUT2D eigenvalue weighted by Gasteiger charge is 2.21. The van der Waals surface area contributed by atoms with Crippen molar-refractivity contribution < 1.29 is 4.79 Å². The Labute approximate surface area is 106 Å². The molecule has 1 atom stereocenters. The monoisotopic (exact) mass is 254 g/mol. The summed E-state index contributed by atoms with van der Waals surface area (Å²) in [6, 6.07) is -0.294. The Hall–Kier alpha value is -1.43. The van der Waals surface area contributed by atoms with Crippen molar-refractivity contribution in [3.63, 3.8) is 0 Å². The first-order valence-corrected chi connectivity index (χ1v) is 5.84. The molecule has 5 nitrogen and oxygen atoms in total. The lowest BCUT2D eigenvalue weighted by Gasteiger charge is -2.20. The molecule has 0 saturated heterocycles. The van der Waals surface area contributed by atoms with Crippen molar-refractivity contribution in [2.45, 2.75) is 26.8 Å². The minimum atomic E-state index is -0.294. The summed E-state index contributed by atoms with van der Waals surface area (Å²) in [5.41, 5.74) is 6.84. The maximum absolute atomic E-state index is 12.0. The van der Waals surface area contributed by atoms with Gasteiger partial charge in [0, 0.05) is 13.2 Å². The fourth-order valence-corrected chi connectivity index (χ4v) is 1.94. The molecule has 1 aromatic heterocycles. The highest BCUT2D eigenvalue weighted by molar-refractivity contribution is 7.80. The summed E-state index contributed by atoms with van der Waals surface area (Å²) in [6.45, 7) is 5.71. The average molecular weight is 254 g/mol. The van der Waals surface area contributed by atoms with E-state index >= 15 is 0 Å². The highest BCUT2D eigenvalue weighted by Crippen LogP contribution is 2.07. The molecule has 0 aliphatic carbocycles. The summed E-state index contributed by atoms with van der Waals surface area (Å²) in [5.74, 6) is -0.0319. The van der Waals surface area contributed by atoms with Gasteiger partial charge >= 0.3 is 0 Å². The third kappa shape index (κ3) is 3.26. The molecule has 0 aromatic carbocycles. The molecule has 3 N–H and O–H groups in total. The van der Waals surface area contributed by atoms with Crippen LogP contribution in [0.2, 0.25) is 0 Å². The predicted octanol–water partition coefficient (Wildman–Crippen LogP) is 0.769. The van der Waals surface area contributed by atoms with Gasteiger partial charge in [0.15, 0.2) is 0 Å². The first-order chi connectivity index (χ1) is 7.82. The van der Waals surface area contributed by atoms with E-state index < -0.39 is 0 Å². The van der Waals surface area contributed by atoms with Crippen molar-refractivity contribution in [2.24, 2.45) is 18.7 Å². The highest BCUT2D eigenvalue weighted by atomic mass is 32.1. The summed E-state index contributed by atoms with van der Waals surface area (Å²) in [5, 5.41) is 6.95. The minimum Gasteiger partial charge on any atom is -0.392 e. The number of nitrogens with zero attached hydrogens (tertiary/aromatic N) is 2. The van der Waals surface area contributed by atoms with E-state index in [0.717, 1.165) is 0 Å². The average Bonchev–Trinajstić information content (AvgIpc) is 2.53. The quantitative estimate of drug-likeness (QED) is 0.778. The number of carbonyl (C=O) groups excluding carboxylic acids is 1. The molecule has 0 aliphatic heterocycles. The van der Waals surface area contributed by atoms with Gasteiger partial charge in [0.1, 0.15) is 0 Å². The van der Waals surface area contributed by atoms with Gasteiger partial charge in [-0.1, -0.05) is 26.1 Å². The van der Waals surface area contributed by atoms with Crippen LogP contribution in [-0.2, 0) is 7.05 Å². The van der Waals surface area contributed by atoms with Crippen LogP contribution in [0.25, 0.3) is 0 Å². The summed E-state index contributed by atoms with van der Waals surface area (Å²) in [7, 11) is 1.78. The van der Waals surface area contributed by atoms with E-state index in [1.54, 1.807) is 24.9 Å². The molecule has 0 spiro atoms. The van der Waals surface area contributed by atoms with Gasteiger partial charge in [0.05, 0.1) is 22.3 Å². The van der Waals surface area contributed by atoms with E-state index in [1.807, 2.05) is 13.8 Å². The lowest BCUT2D eigenvalue weighted by Crippen LogP contribution is -2.46. The number of thiocarbonyl (C=S) groups is 1. The molecular weight excluding hydrogens is 236 g/mol. The zero-order valence-electron chi connectivity index (χ0n) is 10.5. The number of aryl methyl sites for hydroxylation is 2. The normalized spacial score (nSPS) is 12.5. The van der Waals surface area contributed by atoms with Crippen LogP contribution in [0.1, 0.15) is 29.9 Å². The summed E-state index contributed by atoms with van der Waals surface area (Å²) < 4.78 is 1.61. The first kappa shape index (κ1) is 13.6. The number of amides is 1. The first-order valence-electron chi connectivity index (χ1n) is 5.43. The summed E-state index contributed by atoms with van der Waals surface area (Å²) >= 11 is 4.94. The van der Waals surface area contributed by atoms with Gasteiger partial charge in [-0.3, -0.25) is 9.48 Å². The fourth-order valence-electron chi connectivity index (χ4n) is 1.61. The van der Waals surface area contributed by atoms with Crippen LogP contribution in [0.15, 0.2) is 6.20 Å². The maximum atomic E-state index is 12.0. The second-order valence-electron chi connectivity index (χ2n) is 4.40. The molecule has 0 aliphatic rings. The summed E-state index contributed by atoms with van der Waals surface area (Å²) in [6.07, 6.45) is 1.68. The lowest BCUT2D eigenvalue weighted by atomic mass is 10.0. The van der Waals surface area contributed by atoms with Crippen molar-refractivity contribution in [1.82, 2.24) is 15.1 Å². The van der Waals surface area contributed by atoms with Gasteiger partial charge in [-0.2, -0.15) is 5.10 Å². The fraction of sp³-hybridized carbons (Fsp3) is 0.545. The second kappa shape index (κ2) is 5.27. The standard InChI is InChI=1S/C11H18N4OS/c1-6(2)9(10(12)17)13-11(16)8-5-15(4)14-7(8)3/h5-6,9H,1-4H3,(H2,12,17)(H,13,16). The van der Waals surface area contributed by atoms with Crippen LogP contribution in [0.5, 0.6) is 0 Å². The van der Waals surface area contributed by atoms with Crippen molar-refractivity contribution in [3.05, 3.63) is 17.5 Å². The topological polar surface area (TPSA) is 72.9 Å². The third-order valence-corrected chi connectivity index (χ3v) is 2.77. The molecule has 1 rings (SSSR count). The molecule has 6 heteroatoms. The number of nitrogens with one attached hydrogen (secondary N) is 1. The van der Waals surface area contributed by atoms with Crippen molar-refractivity contribution in [2.75, 3.05) is 0 Å². The van der Waals surface area contributed by atoms with Gasteiger partial charge in [0.2, 0.25) is 0 Å². The van der Waals surface area contributed by atoms with Crippen molar-refractivity contribution in [3.8, 4) is 0 Å². The number of carbonyl (C=O) groups is 1. The molecule has 0 radical (unpaired) electrons. The van der Waals surface area contributed by atoms with Crippen LogP contribution >= 0.6 is 12.2 Å². The van der Waals surface area contributed by atoms with E-state index in [1.165, 1.54) is 0 Å². The Morgan fingerprint density at radius 2 is 2.18 bits per heavy atom. The molecule has 17 heavy (non-hydrogen) atoms. The van der Waals surface area contributed by atoms with E-state index in [2.05, 4.69) is 10.4 Å². The van der Waals surface area contributed by atoms with Gasteiger partial charge in [0.25, 0.3) is 5.91 Å². The molecule has 0 saturated carbocycles. The van der Waals surface area contributed by atoms with Crippen LogP contribution in [-0.4, -0.2) is 26.7 Å². The Morgan fingerprint density at radius 1 is 1.59 bits per heavy atom. The van der Waals surface area contributed by atoms with Crippen LogP contribution in [0, 0.1) is 12.8 Å². The molecular formula is C11H18N4OS. The number of hydrogen-bond donors (Lipinski definition) is 2. The zero-order valence-corrected chi connectivity index (χ0v) is 11.3. The van der Waals surface area contributed by atoms with E-state index in [-0.39, 0.29) is 17.9 Å². The molecule has 1 unspecified atom stereocenters. The number of rotatable bonds is 4. The number of aromatic nitrogens is 2. The van der Waals surface area contributed by atoms with Gasteiger partial charge in [-0.25, -0.2) is 0 Å².